The molecule has 11 nitrogen and oxygen atoms in total. The van der Waals surface area contributed by atoms with Crippen LogP contribution in [-0.2, 0) is 20.7 Å². The Hall–Kier alpha value is -3.63. The highest BCUT2D eigenvalue weighted by Crippen LogP contribution is 2.35. The average Bonchev–Trinajstić information content (AvgIpc) is 3.53. The second-order valence-corrected chi connectivity index (χ2v) is 13.3. The van der Waals surface area contributed by atoms with E-state index >= 15 is 0 Å². The van der Waals surface area contributed by atoms with Crippen LogP contribution in [0.1, 0.15) is 78.3 Å². The molecule has 2 bridgehead atoms. The summed E-state index contributed by atoms with van der Waals surface area (Å²) in [7, 11) is 1.59. The summed E-state index contributed by atoms with van der Waals surface area (Å²) in [5.74, 6) is -0.888. The van der Waals surface area contributed by atoms with Crippen LogP contribution in [0.15, 0.2) is 18.2 Å². The molecule has 0 spiro atoms. The fourth-order valence-corrected chi connectivity index (χ4v) is 6.74. The number of aromatic nitrogens is 2. The van der Waals surface area contributed by atoms with Gasteiger partial charge in [-0.1, -0.05) is 40.5 Å². The summed E-state index contributed by atoms with van der Waals surface area (Å²) in [6.07, 6.45) is 5.79. The largest absolute Gasteiger partial charge is 0.497 e. The molecule has 1 aromatic heterocycles. The molecular formula is C32H44N4O7. The second kappa shape index (κ2) is 12.5. The standard InChI is InChI=1S/C32H44N4O7/c1-18-25-17-36(26(18)30(38)39)29(37)27(32(2,3)4)35-31(40)43-24-13-9-11-19(24)10-7-6-8-12-22-28(42-25)34-23-16-20(41-5)14-15-21(23)33-22/h14-16,18-19,24-27H,6-13,17H2,1-5H3,(H,35,40)(H,38,39)/t18-,19-,24-,25+,26+,27-/m1/s1. The number of carboxylic acid groups (broad SMARTS) is 1. The number of methoxy groups -OCH3 is 1. The average molecular weight is 597 g/mol. The lowest BCUT2D eigenvalue weighted by Gasteiger charge is -2.35. The van der Waals surface area contributed by atoms with Crippen molar-refractivity contribution in [2.75, 3.05) is 13.7 Å². The lowest BCUT2D eigenvalue weighted by Crippen LogP contribution is -2.57. The van der Waals surface area contributed by atoms with Gasteiger partial charge >= 0.3 is 12.1 Å². The third kappa shape index (κ3) is 6.65. The Labute approximate surface area is 252 Å². The summed E-state index contributed by atoms with van der Waals surface area (Å²) in [4.78, 5) is 50.8. The number of rotatable bonds is 2. The van der Waals surface area contributed by atoms with Crippen molar-refractivity contribution in [3.8, 4) is 11.6 Å². The highest BCUT2D eigenvalue weighted by molar-refractivity contribution is 5.90. The minimum Gasteiger partial charge on any atom is -0.497 e. The normalized spacial score (nSPS) is 29.0. The number of hydrogen-bond acceptors (Lipinski definition) is 8. The second-order valence-electron chi connectivity index (χ2n) is 13.3. The summed E-state index contributed by atoms with van der Waals surface area (Å²) < 4.78 is 17.7. The van der Waals surface area contributed by atoms with E-state index in [0.29, 0.717) is 29.3 Å². The molecule has 1 aliphatic carbocycles. The summed E-state index contributed by atoms with van der Waals surface area (Å²) in [5, 5.41) is 13.1. The molecule has 3 heterocycles. The number of nitrogens with zero attached hydrogens (tertiary/aromatic N) is 3. The van der Waals surface area contributed by atoms with Gasteiger partial charge in [0.2, 0.25) is 11.8 Å². The predicted molar refractivity (Wildman–Crippen MR) is 159 cm³/mol. The van der Waals surface area contributed by atoms with Gasteiger partial charge in [0, 0.05) is 12.0 Å². The van der Waals surface area contributed by atoms with E-state index in [1.165, 1.54) is 4.90 Å². The molecule has 234 valence electrons. The van der Waals surface area contributed by atoms with Crippen molar-refractivity contribution < 1.29 is 33.7 Å². The van der Waals surface area contributed by atoms with E-state index in [0.717, 1.165) is 50.5 Å². The third-order valence-corrected chi connectivity index (χ3v) is 9.21. The summed E-state index contributed by atoms with van der Waals surface area (Å²) >= 11 is 0. The number of carbonyl (C=O) groups excluding carboxylic acids is 2. The first kappa shape index (κ1) is 30.8. The first-order chi connectivity index (χ1) is 20.5. The molecule has 43 heavy (non-hydrogen) atoms. The van der Waals surface area contributed by atoms with Gasteiger partial charge in [-0.25, -0.2) is 19.6 Å². The number of ether oxygens (including phenoxy) is 3. The quantitative estimate of drug-likeness (QED) is 0.503. The van der Waals surface area contributed by atoms with Gasteiger partial charge in [-0.3, -0.25) is 4.79 Å². The molecule has 11 heteroatoms. The monoisotopic (exact) mass is 596 g/mol. The third-order valence-electron chi connectivity index (χ3n) is 9.21. The van der Waals surface area contributed by atoms with Crippen LogP contribution < -0.4 is 14.8 Å². The van der Waals surface area contributed by atoms with E-state index in [9.17, 15) is 19.5 Å². The molecule has 1 saturated carbocycles. The zero-order valence-corrected chi connectivity index (χ0v) is 25.8. The SMILES string of the molecule is COc1ccc2nc3c(nc2c1)O[C@H]1CN(C(=O)[C@H](C(C)(C)C)NC(=O)O[C@@H]2CCC[C@H]2CCCCC3)[C@H](C(=O)O)[C@@H]1C. The molecular weight excluding hydrogens is 552 g/mol. The molecule has 0 unspecified atom stereocenters. The van der Waals surface area contributed by atoms with Crippen molar-refractivity contribution in [1.29, 1.82) is 0 Å². The highest BCUT2D eigenvalue weighted by atomic mass is 16.6. The first-order valence-corrected chi connectivity index (χ1v) is 15.5. The van der Waals surface area contributed by atoms with Crippen molar-refractivity contribution in [2.24, 2.45) is 17.3 Å². The van der Waals surface area contributed by atoms with Crippen LogP contribution in [-0.4, -0.2) is 75.9 Å². The van der Waals surface area contributed by atoms with Gasteiger partial charge in [0.1, 0.15) is 35.7 Å². The van der Waals surface area contributed by atoms with Crippen LogP contribution in [0.4, 0.5) is 4.79 Å². The topological polar surface area (TPSA) is 140 Å². The van der Waals surface area contributed by atoms with Crippen molar-refractivity contribution >= 4 is 29.0 Å². The molecule has 2 aliphatic heterocycles. The van der Waals surface area contributed by atoms with Crippen molar-refractivity contribution in [1.82, 2.24) is 20.2 Å². The van der Waals surface area contributed by atoms with E-state index in [1.54, 1.807) is 20.1 Å². The van der Waals surface area contributed by atoms with Crippen LogP contribution >= 0.6 is 0 Å². The minimum absolute atomic E-state index is 0.0300. The van der Waals surface area contributed by atoms with Crippen molar-refractivity contribution in [2.45, 2.75) is 103 Å². The van der Waals surface area contributed by atoms with Crippen LogP contribution in [0, 0.1) is 17.3 Å². The lowest BCUT2D eigenvalue weighted by atomic mass is 9.85. The number of aliphatic carboxylic acids is 1. The maximum atomic E-state index is 14.1. The van der Waals surface area contributed by atoms with Gasteiger partial charge in [0.05, 0.1) is 24.7 Å². The zero-order valence-electron chi connectivity index (χ0n) is 25.8. The Morgan fingerprint density at radius 1 is 1.02 bits per heavy atom. The number of amides is 2. The summed E-state index contributed by atoms with van der Waals surface area (Å²) in [6.45, 7) is 7.32. The van der Waals surface area contributed by atoms with E-state index in [4.69, 9.17) is 24.2 Å². The molecule has 1 aromatic carbocycles. The molecule has 2 amide bonds. The number of alkyl carbamates (subject to hydrolysis) is 1. The zero-order chi connectivity index (χ0) is 30.9. The summed E-state index contributed by atoms with van der Waals surface area (Å²) in [5.41, 5.74) is 1.34. The van der Waals surface area contributed by atoms with E-state index < -0.39 is 47.5 Å². The Morgan fingerprint density at radius 2 is 1.79 bits per heavy atom. The van der Waals surface area contributed by atoms with E-state index in [2.05, 4.69) is 5.32 Å². The Bertz CT molecular complexity index is 1360. The summed E-state index contributed by atoms with van der Waals surface area (Å²) in [6, 6.07) is 3.37. The fourth-order valence-electron chi connectivity index (χ4n) is 6.74. The van der Waals surface area contributed by atoms with Crippen LogP contribution in [0.2, 0.25) is 0 Å². The lowest BCUT2D eigenvalue weighted by molar-refractivity contribution is -0.151. The highest BCUT2D eigenvalue weighted by Gasteiger charge is 2.50. The van der Waals surface area contributed by atoms with Crippen molar-refractivity contribution in [3.05, 3.63) is 23.9 Å². The van der Waals surface area contributed by atoms with Gasteiger partial charge < -0.3 is 29.5 Å². The number of aryl methyl sites for hydroxylation is 1. The first-order valence-electron chi connectivity index (χ1n) is 15.5. The van der Waals surface area contributed by atoms with Crippen LogP contribution in [0.3, 0.4) is 0 Å². The van der Waals surface area contributed by atoms with Crippen molar-refractivity contribution in [3.63, 3.8) is 0 Å². The molecule has 2 aromatic rings. The molecule has 2 N–H and O–H groups in total. The predicted octanol–water partition coefficient (Wildman–Crippen LogP) is 4.74. The molecule has 1 saturated heterocycles. The number of carboxylic acids is 1. The maximum absolute atomic E-state index is 14.1. The van der Waals surface area contributed by atoms with Gasteiger partial charge in [-0.05, 0) is 62.0 Å². The fraction of sp³-hybridized carbons (Fsp3) is 0.656. The molecule has 2 fully saturated rings. The van der Waals surface area contributed by atoms with Gasteiger partial charge in [-0.15, -0.1) is 0 Å². The molecule has 5 rings (SSSR count). The Kier molecular flexibility index (Phi) is 8.99. The smallest absolute Gasteiger partial charge is 0.408 e. The Balaban J connectivity index is 1.52. The van der Waals surface area contributed by atoms with Gasteiger partial charge in [0.25, 0.3) is 0 Å². The molecule has 6 atom stereocenters. The number of carbonyl (C=O) groups is 3. The minimum atomic E-state index is -1.14. The Morgan fingerprint density at radius 3 is 2.51 bits per heavy atom. The number of hydrogen-bond donors (Lipinski definition) is 2. The van der Waals surface area contributed by atoms with Gasteiger partial charge in [0.15, 0.2) is 0 Å². The molecule has 3 aliphatic rings. The number of benzene rings is 1. The van der Waals surface area contributed by atoms with Gasteiger partial charge in [-0.2, -0.15) is 0 Å². The number of nitrogens with one attached hydrogen (secondary N) is 1. The van der Waals surface area contributed by atoms with E-state index in [-0.39, 0.29) is 18.6 Å². The maximum Gasteiger partial charge on any atom is 0.408 e. The number of fused-ring (bicyclic) bond motifs is 5. The van der Waals surface area contributed by atoms with Crippen LogP contribution in [0.5, 0.6) is 11.6 Å². The van der Waals surface area contributed by atoms with E-state index in [1.807, 2.05) is 32.9 Å². The molecule has 0 radical (unpaired) electrons. The van der Waals surface area contributed by atoms with Crippen LogP contribution in [0.25, 0.3) is 11.0 Å².